The third kappa shape index (κ3) is 1.28. The highest BCUT2D eigenvalue weighted by atomic mass is 32.2. The highest BCUT2D eigenvalue weighted by Gasteiger charge is 1.94. The van der Waals surface area contributed by atoms with Crippen molar-refractivity contribution in [3.05, 3.63) is 30.6 Å². The van der Waals surface area contributed by atoms with Gasteiger partial charge in [-0.1, -0.05) is 6.07 Å². The van der Waals surface area contributed by atoms with Crippen LogP contribution in [0.15, 0.2) is 35.5 Å². The lowest BCUT2D eigenvalue weighted by atomic mass is 10.2. The number of fused-ring (bicyclic) bond motifs is 1. The Morgan fingerprint density at radius 2 is 1.83 bits per heavy atom. The lowest BCUT2D eigenvalue weighted by Gasteiger charge is -1.97. The Kier molecular flexibility index (Phi) is 1.96. The maximum atomic E-state index is 3.83. The minimum Gasteiger partial charge on any atom is -0.158 e. The lowest BCUT2D eigenvalue weighted by molar-refractivity contribution is 1.05. The highest BCUT2D eigenvalue weighted by molar-refractivity contribution is 7.98. The Morgan fingerprint density at radius 1 is 1.08 bits per heavy atom. The lowest BCUT2D eigenvalue weighted by Crippen LogP contribution is -1.80. The fraction of sp³-hybridized carbons (Fsp3) is 0.111. The van der Waals surface area contributed by atoms with Crippen LogP contribution in [0.1, 0.15) is 0 Å². The molecule has 0 aliphatic heterocycles. The van der Waals surface area contributed by atoms with Crippen LogP contribution in [0.3, 0.4) is 0 Å². The van der Waals surface area contributed by atoms with Crippen LogP contribution < -0.4 is 0 Å². The fourth-order valence-corrected chi connectivity index (χ4v) is 1.55. The van der Waals surface area contributed by atoms with E-state index in [0.717, 1.165) is 10.8 Å². The summed E-state index contributed by atoms with van der Waals surface area (Å²) in [5, 5.41) is 9.93. The third-order valence-electron chi connectivity index (χ3n) is 1.75. The van der Waals surface area contributed by atoms with E-state index in [0.29, 0.717) is 0 Å². The summed E-state index contributed by atoms with van der Waals surface area (Å²) < 4.78 is 0. The summed E-state index contributed by atoms with van der Waals surface area (Å²) in [5.74, 6) is 0. The average molecular weight is 176 g/mol. The molecule has 0 saturated heterocycles. The van der Waals surface area contributed by atoms with Crippen LogP contribution in [0, 0.1) is 0 Å². The van der Waals surface area contributed by atoms with Gasteiger partial charge in [-0.2, -0.15) is 10.2 Å². The van der Waals surface area contributed by atoms with Gasteiger partial charge in [-0.25, -0.2) is 0 Å². The Hall–Kier alpha value is -1.09. The van der Waals surface area contributed by atoms with Gasteiger partial charge in [-0.05, 0) is 18.4 Å². The normalized spacial score (nSPS) is 10.4. The molecule has 0 radical (unpaired) electrons. The van der Waals surface area contributed by atoms with E-state index >= 15 is 0 Å². The van der Waals surface area contributed by atoms with Crippen LogP contribution in [0.5, 0.6) is 0 Å². The van der Waals surface area contributed by atoms with Gasteiger partial charge in [0.25, 0.3) is 0 Å². The maximum Gasteiger partial charge on any atom is 0.0575 e. The number of hydrogen-bond donors (Lipinski definition) is 0. The van der Waals surface area contributed by atoms with Gasteiger partial charge in [0.2, 0.25) is 0 Å². The van der Waals surface area contributed by atoms with Crippen molar-refractivity contribution < 1.29 is 0 Å². The summed E-state index contributed by atoms with van der Waals surface area (Å²) in [6.45, 7) is 0. The van der Waals surface area contributed by atoms with Gasteiger partial charge in [0.1, 0.15) is 0 Å². The van der Waals surface area contributed by atoms with Crippen molar-refractivity contribution in [2.75, 3.05) is 6.26 Å². The fourth-order valence-electron chi connectivity index (χ4n) is 1.10. The molecule has 0 N–H and O–H groups in total. The minimum absolute atomic E-state index is 1.14. The Morgan fingerprint density at radius 3 is 2.58 bits per heavy atom. The van der Waals surface area contributed by atoms with Gasteiger partial charge in [0.15, 0.2) is 0 Å². The molecule has 0 saturated carbocycles. The topological polar surface area (TPSA) is 25.8 Å². The smallest absolute Gasteiger partial charge is 0.0575 e. The molecule has 0 spiro atoms. The quantitative estimate of drug-likeness (QED) is 0.624. The molecule has 0 fully saturated rings. The minimum atomic E-state index is 1.14. The first-order valence-corrected chi connectivity index (χ1v) is 4.87. The van der Waals surface area contributed by atoms with E-state index in [-0.39, 0.29) is 0 Å². The first-order valence-electron chi connectivity index (χ1n) is 3.64. The van der Waals surface area contributed by atoms with Crippen molar-refractivity contribution in [3.8, 4) is 0 Å². The third-order valence-corrected chi connectivity index (χ3v) is 2.48. The highest BCUT2D eigenvalue weighted by Crippen LogP contribution is 2.19. The molecule has 3 heteroatoms. The van der Waals surface area contributed by atoms with Gasteiger partial charge >= 0.3 is 0 Å². The molecule has 0 amide bonds. The molecule has 0 bridgehead atoms. The number of hydrogen-bond acceptors (Lipinski definition) is 3. The zero-order chi connectivity index (χ0) is 8.39. The summed E-state index contributed by atoms with van der Waals surface area (Å²) >= 11 is 1.74. The standard InChI is InChI=1S/C9H8N2S/c1-12-9-3-2-7-5-10-11-6-8(7)4-9/h2-6H,1H3. The predicted octanol–water partition coefficient (Wildman–Crippen LogP) is 2.35. The molecule has 12 heavy (non-hydrogen) atoms. The molecule has 1 heterocycles. The largest absolute Gasteiger partial charge is 0.158 e. The summed E-state index contributed by atoms with van der Waals surface area (Å²) in [6.07, 6.45) is 5.63. The van der Waals surface area contributed by atoms with Crippen molar-refractivity contribution in [3.63, 3.8) is 0 Å². The van der Waals surface area contributed by atoms with Gasteiger partial charge in [-0.3, -0.25) is 0 Å². The predicted molar refractivity (Wildman–Crippen MR) is 51.3 cm³/mol. The van der Waals surface area contributed by atoms with Crippen LogP contribution in [0.25, 0.3) is 10.8 Å². The molecule has 0 aliphatic carbocycles. The molecule has 1 aromatic heterocycles. The van der Waals surface area contributed by atoms with E-state index in [1.54, 1.807) is 24.2 Å². The number of aromatic nitrogens is 2. The van der Waals surface area contributed by atoms with Crippen LogP contribution in [0.4, 0.5) is 0 Å². The molecular formula is C9H8N2S. The number of nitrogens with zero attached hydrogens (tertiary/aromatic N) is 2. The molecule has 0 atom stereocenters. The van der Waals surface area contributed by atoms with Crippen LogP contribution in [0.2, 0.25) is 0 Å². The van der Waals surface area contributed by atoms with Crippen molar-refractivity contribution in [2.24, 2.45) is 0 Å². The second kappa shape index (κ2) is 3.11. The van der Waals surface area contributed by atoms with Crippen LogP contribution in [-0.4, -0.2) is 16.5 Å². The summed E-state index contributed by atoms with van der Waals surface area (Å²) in [6, 6.07) is 6.28. The molecular weight excluding hydrogens is 168 g/mol. The van der Waals surface area contributed by atoms with E-state index < -0.39 is 0 Å². The zero-order valence-electron chi connectivity index (χ0n) is 6.69. The molecule has 2 aromatic rings. The number of rotatable bonds is 1. The SMILES string of the molecule is CSc1ccc2cnncc2c1. The second-order valence-corrected chi connectivity index (χ2v) is 3.36. The average Bonchev–Trinajstić information content (AvgIpc) is 2.17. The van der Waals surface area contributed by atoms with Crippen LogP contribution in [-0.2, 0) is 0 Å². The Labute approximate surface area is 75.0 Å². The van der Waals surface area contributed by atoms with Crippen molar-refractivity contribution in [2.45, 2.75) is 4.90 Å². The molecule has 60 valence electrons. The molecule has 1 aromatic carbocycles. The van der Waals surface area contributed by atoms with E-state index in [1.165, 1.54) is 4.90 Å². The monoisotopic (exact) mass is 176 g/mol. The van der Waals surface area contributed by atoms with Crippen molar-refractivity contribution in [1.82, 2.24) is 10.2 Å². The molecule has 0 aliphatic rings. The summed E-state index contributed by atoms with van der Waals surface area (Å²) in [5.41, 5.74) is 0. The Bertz CT molecular complexity index is 400. The van der Waals surface area contributed by atoms with Crippen molar-refractivity contribution in [1.29, 1.82) is 0 Å². The van der Waals surface area contributed by atoms with Gasteiger partial charge in [0.05, 0.1) is 12.4 Å². The van der Waals surface area contributed by atoms with Gasteiger partial charge in [-0.15, -0.1) is 11.8 Å². The maximum absolute atomic E-state index is 3.83. The van der Waals surface area contributed by atoms with Gasteiger partial charge < -0.3 is 0 Å². The summed E-state index contributed by atoms with van der Waals surface area (Å²) in [7, 11) is 0. The number of thioether (sulfide) groups is 1. The first-order chi connectivity index (χ1) is 5.90. The van der Waals surface area contributed by atoms with E-state index in [9.17, 15) is 0 Å². The first kappa shape index (κ1) is 7.55. The second-order valence-electron chi connectivity index (χ2n) is 2.48. The molecule has 2 nitrogen and oxygen atoms in total. The summed E-state index contributed by atoms with van der Waals surface area (Å²) in [4.78, 5) is 1.26. The van der Waals surface area contributed by atoms with E-state index in [1.807, 2.05) is 0 Å². The van der Waals surface area contributed by atoms with E-state index in [2.05, 4.69) is 34.7 Å². The molecule has 0 unspecified atom stereocenters. The Balaban J connectivity index is 2.67. The van der Waals surface area contributed by atoms with Gasteiger partial charge in [0, 0.05) is 15.7 Å². The zero-order valence-corrected chi connectivity index (χ0v) is 7.51. The van der Waals surface area contributed by atoms with Crippen LogP contribution >= 0.6 is 11.8 Å². The molecule has 2 rings (SSSR count). The van der Waals surface area contributed by atoms with E-state index in [4.69, 9.17) is 0 Å². The van der Waals surface area contributed by atoms with Crippen molar-refractivity contribution >= 4 is 22.5 Å². The number of benzene rings is 1.